The lowest BCUT2D eigenvalue weighted by Gasteiger charge is -2.46. The summed E-state index contributed by atoms with van der Waals surface area (Å²) in [6.45, 7) is 0.954. The fraction of sp³-hybridized carbons (Fsp3) is 0.833. The van der Waals surface area contributed by atoms with Crippen molar-refractivity contribution in [3.05, 3.63) is 12.2 Å². The first kappa shape index (κ1) is 10.5. The third-order valence-corrected chi connectivity index (χ3v) is 3.70. The predicted molar refractivity (Wildman–Crippen MR) is 59.7 cm³/mol. The molecule has 1 heterocycles. The average Bonchev–Trinajstić information content (AvgIpc) is 2.17. The molecule has 1 atom stereocenters. The predicted octanol–water partition coefficient (Wildman–Crippen LogP) is 3.52. The second-order valence-electron chi connectivity index (χ2n) is 4.54. The molecule has 0 bridgehead atoms. The van der Waals surface area contributed by atoms with E-state index >= 15 is 0 Å². The molecule has 0 N–H and O–H groups in total. The Hall–Kier alpha value is -0.0100. The molecule has 1 nitrogen and oxygen atoms in total. The smallest absolute Gasteiger partial charge is 0.0688 e. The summed E-state index contributed by atoms with van der Waals surface area (Å²) in [4.78, 5) is 0. The van der Waals surface area contributed by atoms with Crippen LogP contribution in [0.4, 0.5) is 0 Å². The molecule has 2 aliphatic rings. The van der Waals surface area contributed by atoms with E-state index in [1.807, 2.05) is 0 Å². The zero-order chi connectivity index (χ0) is 9.86. The number of alkyl halides is 1. The van der Waals surface area contributed by atoms with Crippen LogP contribution in [0.15, 0.2) is 12.2 Å². The molecule has 1 spiro atoms. The van der Waals surface area contributed by atoms with Gasteiger partial charge in [0.2, 0.25) is 0 Å². The average molecular weight is 215 g/mol. The quantitative estimate of drug-likeness (QED) is 0.516. The van der Waals surface area contributed by atoms with E-state index in [9.17, 15) is 0 Å². The van der Waals surface area contributed by atoms with Crippen LogP contribution >= 0.6 is 11.6 Å². The maximum Gasteiger partial charge on any atom is 0.0688 e. The van der Waals surface area contributed by atoms with Gasteiger partial charge >= 0.3 is 0 Å². The highest BCUT2D eigenvalue weighted by molar-refractivity contribution is 6.17. The minimum absolute atomic E-state index is 0.286. The van der Waals surface area contributed by atoms with E-state index in [4.69, 9.17) is 16.3 Å². The molecule has 2 heteroatoms. The molecule has 0 aromatic carbocycles. The maximum absolute atomic E-state index is 5.88. The van der Waals surface area contributed by atoms with Crippen LogP contribution in [0, 0.1) is 5.92 Å². The first-order valence-corrected chi connectivity index (χ1v) is 6.25. The fourth-order valence-corrected chi connectivity index (χ4v) is 2.63. The van der Waals surface area contributed by atoms with Crippen molar-refractivity contribution < 1.29 is 4.74 Å². The lowest BCUT2D eigenvalue weighted by atomic mass is 9.72. The van der Waals surface area contributed by atoms with Crippen LogP contribution in [-0.2, 0) is 4.74 Å². The third-order valence-electron chi connectivity index (χ3n) is 3.48. The van der Waals surface area contributed by atoms with Crippen LogP contribution in [0.2, 0.25) is 0 Å². The van der Waals surface area contributed by atoms with Gasteiger partial charge in [0, 0.05) is 12.5 Å². The van der Waals surface area contributed by atoms with Crippen molar-refractivity contribution in [2.45, 2.75) is 44.1 Å². The van der Waals surface area contributed by atoms with Gasteiger partial charge in [-0.05, 0) is 44.4 Å². The van der Waals surface area contributed by atoms with Crippen molar-refractivity contribution in [1.29, 1.82) is 0 Å². The van der Waals surface area contributed by atoms with Crippen LogP contribution < -0.4 is 0 Å². The SMILES string of the molecule is ClCC/C=C/C1CCOC2(CCC2)C1. The van der Waals surface area contributed by atoms with Crippen LogP contribution in [0.5, 0.6) is 0 Å². The highest BCUT2D eigenvalue weighted by Crippen LogP contribution is 2.44. The van der Waals surface area contributed by atoms with E-state index in [1.54, 1.807) is 0 Å². The second-order valence-corrected chi connectivity index (χ2v) is 4.92. The number of halogens is 1. The van der Waals surface area contributed by atoms with Crippen molar-refractivity contribution in [2.24, 2.45) is 5.92 Å². The molecular formula is C12H19ClO. The van der Waals surface area contributed by atoms with E-state index in [2.05, 4.69) is 12.2 Å². The van der Waals surface area contributed by atoms with Gasteiger partial charge in [0.1, 0.15) is 0 Å². The van der Waals surface area contributed by atoms with Gasteiger partial charge in [-0.25, -0.2) is 0 Å². The molecule has 2 rings (SSSR count). The standard InChI is InChI=1S/C12H19ClO/c13-8-2-1-4-11-5-9-14-12(10-11)6-3-7-12/h1,4,11H,2-3,5-10H2/b4-1+. The number of hydrogen-bond donors (Lipinski definition) is 0. The number of hydrogen-bond acceptors (Lipinski definition) is 1. The Morgan fingerprint density at radius 1 is 1.43 bits per heavy atom. The van der Waals surface area contributed by atoms with Gasteiger partial charge < -0.3 is 4.74 Å². The Morgan fingerprint density at radius 3 is 2.93 bits per heavy atom. The molecule has 1 saturated carbocycles. The van der Waals surface area contributed by atoms with E-state index < -0.39 is 0 Å². The normalized spacial score (nSPS) is 30.8. The first-order valence-electron chi connectivity index (χ1n) is 5.71. The molecule has 1 saturated heterocycles. The lowest BCUT2D eigenvalue weighted by molar-refractivity contribution is -0.137. The van der Waals surface area contributed by atoms with E-state index in [0.29, 0.717) is 0 Å². The molecule has 0 amide bonds. The highest BCUT2D eigenvalue weighted by atomic mass is 35.5. The van der Waals surface area contributed by atoms with Gasteiger partial charge in [0.15, 0.2) is 0 Å². The molecular weight excluding hydrogens is 196 g/mol. The Labute approximate surface area is 91.5 Å². The van der Waals surface area contributed by atoms with E-state index in [1.165, 1.54) is 32.1 Å². The summed E-state index contributed by atoms with van der Waals surface area (Å²) >= 11 is 5.64. The largest absolute Gasteiger partial charge is 0.375 e. The Kier molecular flexibility index (Phi) is 3.51. The molecule has 0 aromatic heterocycles. The molecule has 2 fully saturated rings. The molecule has 0 aromatic rings. The topological polar surface area (TPSA) is 9.23 Å². The molecule has 1 unspecified atom stereocenters. The molecule has 80 valence electrons. The molecule has 14 heavy (non-hydrogen) atoms. The summed E-state index contributed by atoms with van der Waals surface area (Å²) in [5.74, 6) is 1.48. The Morgan fingerprint density at radius 2 is 2.29 bits per heavy atom. The van der Waals surface area contributed by atoms with Crippen molar-refractivity contribution in [3.63, 3.8) is 0 Å². The molecule has 1 aliphatic carbocycles. The number of ether oxygens (including phenoxy) is 1. The van der Waals surface area contributed by atoms with Gasteiger partial charge in [-0.1, -0.05) is 12.2 Å². The second kappa shape index (κ2) is 4.67. The summed E-state index contributed by atoms with van der Waals surface area (Å²) in [5.41, 5.74) is 0.286. The van der Waals surface area contributed by atoms with Crippen LogP contribution in [0.1, 0.15) is 38.5 Å². The minimum Gasteiger partial charge on any atom is -0.375 e. The molecule has 1 aliphatic heterocycles. The van der Waals surface area contributed by atoms with Gasteiger partial charge in [0.05, 0.1) is 5.60 Å². The summed E-state index contributed by atoms with van der Waals surface area (Å²) in [7, 11) is 0. The maximum atomic E-state index is 5.88. The van der Waals surface area contributed by atoms with Gasteiger partial charge in [-0.15, -0.1) is 11.6 Å². The number of rotatable bonds is 3. The lowest BCUT2D eigenvalue weighted by Crippen LogP contribution is -2.45. The van der Waals surface area contributed by atoms with Crippen LogP contribution in [0.3, 0.4) is 0 Å². The summed E-state index contributed by atoms with van der Waals surface area (Å²) < 4.78 is 5.88. The van der Waals surface area contributed by atoms with Crippen molar-refractivity contribution in [3.8, 4) is 0 Å². The zero-order valence-corrected chi connectivity index (χ0v) is 9.43. The summed E-state index contributed by atoms with van der Waals surface area (Å²) in [5, 5.41) is 0. The minimum atomic E-state index is 0.286. The van der Waals surface area contributed by atoms with Crippen molar-refractivity contribution >= 4 is 11.6 Å². The third kappa shape index (κ3) is 2.32. The monoisotopic (exact) mass is 214 g/mol. The molecule has 0 radical (unpaired) electrons. The van der Waals surface area contributed by atoms with Crippen LogP contribution in [-0.4, -0.2) is 18.1 Å². The van der Waals surface area contributed by atoms with Crippen LogP contribution in [0.25, 0.3) is 0 Å². The van der Waals surface area contributed by atoms with Gasteiger partial charge in [0.25, 0.3) is 0 Å². The highest BCUT2D eigenvalue weighted by Gasteiger charge is 2.41. The summed E-state index contributed by atoms with van der Waals surface area (Å²) in [6.07, 6.45) is 12.0. The zero-order valence-electron chi connectivity index (χ0n) is 8.68. The van der Waals surface area contributed by atoms with Gasteiger partial charge in [-0.3, -0.25) is 0 Å². The number of allylic oxidation sites excluding steroid dienone is 2. The van der Waals surface area contributed by atoms with Crippen molar-refractivity contribution in [1.82, 2.24) is 0 Å². The fourth-order valence-electron chi connectivity index (χ4n) is 2.50. The summed E-state index contributed by atoms with van der Waals surface area (Å²) in [6, 6.07) is 0. The van der Waals surface area contributed by atoms with Crippen molar-refractivity contribution in [2.75, 3.05) is 12.5 Å². The Bertz CT molecular complexity index is 208. The van der Waals surface area contributed by atoms with E-state index in [-0.39, 0.29) is 5.60 Å². The Balaban J connectivity index is 1.81. The van der Waals surface area contributed by atoms with E-state index in [0.717, 1.165) is 24.8 Å². The first-order chi connectivity index (χ1) is 6.85. The van der Waals surface area contributed by atoms with Gasteiger partial charge in [-0.2, -0.15) is 0 Å².